The van der Waals surface area contributed by atoms with Gasteiger partial charge in [0.15, 0.2) is 0 Å². The van der Waals surface area contributed by atoms with Gasteiger partial charge in [-0.1, -0.05) is 12.1 Å². The third kappa shape index (κ3) is 2.02. The minimum absolute atomic E-state index is 0.141. The number of rotatable bonds is 3. The Morgan fingerprint density at radius 3 is 2.80 bits per heavy atom. The number of phenols is 1. The number of halogens is 1. The fourth-order valence-electron chi connectivity index (χ4n) is 1.80. The maximum Gasteiger partial charge on any atom is 0.133 e. The van der Waals surface area contributed by atoms with Gasteiger partial charge >= 0.3 is 0 Å². The van der Waals surface area contributed by atoms with Crippen LogP contribution in [0.15, 0.2) is 22.7 Å². The number of methoxy groups -OCH3 is 1. The lowest BCUT2D eigenvalue weighted by Crippen LogP contribution is -2.61. The Morgan fingerprint density at radius 1 is 1.53 bits per heavy atom. The largest absolute Gasteiger partial charge is 0.506 e. The normalized spacial score (nSPS) is 18.5. The molecule has 1 aromatic rings. The molecule has 0 saturated carbocycles. The molecular formula is C11H14BrNO2. The molecule has 0 atom stereocenters. The molecule has 0 amide bonds. The quantitative estimate of drug-likeness (QED) is 0.879. The zero-order valence-electron chi connectivity index (χ0n) is 8.59. The molecule has 1 aliphatic heterocycles. The first kappa shape index (κ1) is 10.9. The van der Waals surface area contributed by atoms with Crippen LogP contribution < -0.4 is 5.32 Å². The van der Waals surface area contributed by atoms with Gasteiger partial charge in [-0.25, -0.2) is 0 Å². The van der Waals surface area contributed by atoms with Gasteiger partial charge in [-0.3, -0.25) is 0 Å². The number of benzene rings is 1. The number of aromatic hydroxyl groups is 1. The van der Waals surface area contributed by atoms with Gasteiger partial charge < -0.3 is 15.2 Å². The Kier molecular flexibility index (Phi) is 3.00. The highest BCUT2D eigenvalue weighted by atomic mass is 79.9. The van der Waals surface area contributed by atoms with Gasteiger partial charge in [0, 0.05) is 26.6 Å². The van der Waals surface area contributed by atoms with Crippen LogP contribution >= 0.6 is 15.9 Å². The van der Waals surface area contributed by atoms with Crippen molar-refractivity contribution >= 4 is 15.9 Å². The SMILES string of the molecule is COC1(Cc2cccc(Br)c2O)CNC1. The highest BCUT2D eigenvalue weighted by Crippen LogP contribution is 2.32. The summed E-state index contributed by atoms with van der Waals surface area (Å²) in [5, 5.41) is 13.0. The highest BCUT2D eigenvalue weighted by Gasteiger charge is 2.37. The molecule has 2 N–H and O–H groups in total. The summed E-state index contributed by atoms with van der Waals surface area (Å²) in [6.45, 7) is 1.69. The van der Waals surface area contributed by atoms with Crippen molar-refractivity contribution in [3.8, 4) is 5.75 Å². The second-order valence-corrected chi connectivity index (χ2v) is 4.77. The molecule has 4 heteroatoms. The fraction of sp³-hybridized carbons (Fsp3) is 0.455. The monoisotopic (exact) mass is 271 g/mol. The van der Waals surface area contributed by atoms with Crippen molar-refractivity contribution in [2.24, 2.45) is 0 Å². The summed E-state index contributed by atoms with van der Waals surface area (Å²) in [6.07, 6.45) is 0.738. The summed E-state index contributed by atoms with van der Waals surface area (Å²) < 4.78 is 6.22. The number of para-hydroxylation sites is 1. The van der Waals surface area contributed by atoms with E-state index in [1.54, 1.807) is 7.11 Å². The first-order chi connectivity index (χ1) is 7.17. The van der Waals surface area contributed by atoms with Crippen LogP contribution in [0.1, 0.15) is 5.56 Å². The fourth-order valence-corrected chi connectivity index (χ4v) is 2.20. The van der Waals surface area contributed by atoms with E-state index in [0.717, 1.165) is 29.5 Å². The van der Waals surface area contributed by atoms with E-state index in [-0.39, 0.29) is 5.60 Å². The van der Waals surface area contributed by atoms with Gasteiger partial charge in [0.25, 0.3) is 0 Å². The molecule has 0 radical (unpaired) electrons. The lowest BCUT2D eigenvalue weighted by molar-refractivity contribution is -0.0505. The van der Waals surface area contributed by atoms with Crippen molar-refractivity contribution in [2.75, 3.05) is 20.2 Å². The maximum atomic E-state index is 9.85. The van der Waals surface area contributed by atoms with Crippen LogP contribution in [-0.2, 0) is 11.2 Å². The number of phenolic OH excluding ortho intramolecular Hbond substituents is 1. The van der Waals surface area contributed by atoms with Crippen LogP contribution in [0, 0.1) is 0 Å². The van der Waals surface area contributed by atoms with Gasteiger partial charge in [0.05, 0.1) is 10.1 Å². The highest BCUT2D eigenvalue weighted by molar-refractivity contribution is 9.10. The molecule has 1 aromatic carbocycles. The summed E-state index contributed by atoms with van der Waals surface area (Å²) in [7, 11) is 1.72. The molecule has 1 fully saturated rings. The summed E-state index contributed by atoms with van der Waals surface area (Å²) in [5.41, 5.74) is 0.783. The summed E-state index contributed by atoms with van der Waals surface area (Å²) in [6, 6.07) is 5.69. The van der Waals surface area contributed by atoms with Crippen LogP contribution in [0.3, 0.4) is 0 Å². The van der Waals surface area contributed by atoms with Crippen LogP contribution in [0.5, 0.6) is 5.75 Å². The van der Waals surface area contributed by atoms with Crippen LogP contribution in [0.4, 0.5) is 0 Å². The predicted octanol–water partition coefficient (Wildman–Crippen LogP) is 1.69. The first-order valence-corrected chi connectivity index (χ1v) is 5.68. The third-order valence-corrected chi connectivity index (χ3v) is 3.55. The van der Waals surface area contributed by atoms with E-state index in [9.17, 15) is 5.11 Å². The summed E-state index contributed by atoms with van der Waals surface area (Å²) in [4.78, 5) is 0. The molecule has 0 spiro atoms. The van der Waals surface area contributed by atoms with Crippen molar-refractivity contribution in [3.63, 3.8) is 0 Å². The van der Waals surface area contributed by atoms with E-state index < -0.39 is 0 Å². The van der Waals surface area contributed by atoms with Gasteiger partial charge in [-0.05, 0) is 27.6 Å². The average molecular weight is 272 g/mol. The molecule has 0 aliphatic carbocycles. The molecule has 1 saturated heterocycles. The van der Waals surface area contributed by atoms with E-state index in [1.165, 1.54) is 0 Å². The van der Waals surface area contributed by atoms with Crippen LogP contribution in [0.25, 0.3) is 0 Å². The second-order valence-electron chi connectivity index (χ2n) is 3.92. The topological polar surface area (TPSA) is 41.5 Å². The van der Waals surface area contributed by atoms with Crippen molar-refractivity contribution in [3.05, 3.63) is 28.2 Å². The van der Waals surface area contributed by atoms with Gasteiger partial charge in [0.1, 0.15) is 5.75 Å². The molecule has 1 heterocycles. The smallest absolute Gasteiger partial charge is 0.133 e. The number of hydrogen-bond donors (Lipinski definition) is 2. The molecule has 15 heavy (non-hydrogen) atoms. The lowest BCUT2D eigenvalue weighted by Gasteiger charge is -2.41. The Labute approximate surface area is 97.6 Å². The Hall–Kier alpha value is -0.580. The van der Waals surface area contributed by atoms with Crippen LogP contribution in [0.2, 0.25) is 0 Å². The zero-order chi connectivity index (χ0) is 10.9. The van der Waals surface area contributed by atoms with Gasteiger partial charge in [0.2, 0.25) is 0 Å². The maximum absolute atomic E-state index is 9.85. The number of hydrogen-bond acceptors (Lipinski definition) is 3. The first-order valence-electron chi connectivity index (χ1n) is 4.89. The zero-order valence-corrected chi connectivity index (χ0v) is 10.2. The standard InChI is InChI=1S/C11H14BrNO2/c1-15-11(6-13-7-11)5-8-3-2-4-9(12)10(8)14/h2-4,13-14H,5-7H2,1H3. The van der Waals surface area contributed by atoms with E-state index in [2.05, 4.69) is 21.2 Å². The summed E-state index contributed by atoms with van der Waals surface area (Å²) in [5.74, 6) is 0.320. The van der Waals surface area contributed by atoms with E-state index in [4.69, 9.17) is 4.74 Å². The van der Waals surface area contributed by atoms with Gasteiger partial charge in [-0.15, -0.1) is 0 Å². The number of ether oxygens (including phenoxy) is 1. The molecular weight excluding hydrogens is 258 g/mol. The number of nitrogens with one attached hydrogen (secondary N) is 1. The molecule has 1 aliphatic rings. The average Bonchev–Trinajstić information content (AvgIpc) is 2.18. The molecule has 0 unspecified atom stereocenters. The van der Waals surface area contributed by atoms with Crippen molar-refractivity contribution < 1.29 is 9.84 Å². The van der Waals surface area contributed by atoms with E-state index in [0.29, 0.717) is 5.75 Å². The molecule has 0 aromatic heterocycles. The molecule has 2 rings (SSSR count). The van der Waals surface area contributed by atoms with Crippen molar-refractivity contribution in [1.29, 1.82) is 0 Å². The van der Waals surface area contributed by atoms with E-state index in [1.807, 2.05) is 18.2 Å². The Balaban J connectivity index is 2.20. The third-order valence-electron chi connectivity index (χ3n) is 2.91. The lowest BCUT2D eigenvalue weighted by atomic mass is 9.88. The van der Waals surface area contributed by atoms with Gasteiger partial charge in [-0.2, -0.15) is 0 Å². The second kappa shape index (κ2) is 4.12. The molecule has 82 valence electrons. The summed E-state index contributed by atoms with van der Waals surface area (Å²) >= 11 is 3.31. The van der Waals surface area contributed by atoms with Crippen molar-refractivity contribution in [2.45, 2.75) is 12.0 Å². The minimum atomic E-state index is -0.141. The van der Waals surface area contributed by atoms with Crippen molar-refractivity contribution in [1.82, 2.24) is 5.32 Å². The minimum Gasteiger partial charge on any atom is -0.506 e. The van der Waals surface area contributed by atoms with Crippen LogP contribution in [-0.4, -0.2) is 30.9 Å². The molecule has 3 nitrogen and oxygen atoms in total. The van der Waals surface area contributed by atoms with E-state index >= 15 is 0 Å². The predicted molar refractivity (Wildman–Crippen MR) is 62.1 cm³/mol. The molecule has 0 bridgehead atoms. The Morgan fingerprint density at radius 2 is 2.27 bits per heavy atom. The Bertz CT molecular complexity index is 358.